The van der Waals surface area contributed by atoms with E-state index in [-0.39, 0.29) is 5.63 Å². The minimum Gasteiger partial charge on any atom is -0.427 e. The fourth-order valence-corrected chi connectivity index (χ4v) is 2.23. The third kappa shape index (κ3) is 2.24. The van der Waals surface area contributed by atoms with Gasteiger partial charge in [0.15, 0.2) is 0 Å². The van der Waals surface area contributed by atoms with Crippen LogP contribution >= 0.6 is 0 Å². The summed E-state index contributed by atoms with van der Waals surface area (Å²) in [6, 6.07) is 11.5. The smallest absolute Gasteiger partial charge is 0.345 e. The molecule has 2 heterocycles. The number of pyridine rings is 1. The zero-order valence-electron chi connectivity index (χ0n) is 10.8. The fraction of sp³-hybridized carbons (Fsp3) is 0.250. The number of benzene rings is 1. The fourth-order valence-electron chi connectivity index (χ4n) is 2.23. The molecule has 0 radical (unpaired) electrons. The molecular formula is C16H15NO2. The molecule has 3 rings (SSSR count). The second-order valence-corrected chi connectivity index (χ2v) is 4.72. The normalized spacial score (nSPS) is 11.2. The van der Waals surface area contributed by atoms with Crippen LogP contribution in [0.3, 0.4) is 0 Å². The first-order chi connectivity index (χ1) is 9.28. The number of aryl methyl sites for hydroxylation is 1. The van der Waals surface area contributed by atoms with Gasteiger partial charge in [-0.3, -0.25) is 0 Å². The van der Waals surface area contributed by atoms with Crippen molar-refractivity contribution in [3.05, 3.63) is 52.6 Å². The van der Waals surface area contributed by atoms with Crippen LogP contribution in [-0.4, -0.2) is 4.98 Å². The van der Waals surface area contributed by atoms with Gasteiger partial charge in [-0.2, -0.15) is 0 Å². The maximum Gasteiger partial charge on any atom is 0.345 e. The Morgan fingerprint density at radius 1 is 1.16 bits per heavy atom. The standard InChI is InChI=1S/C16H15NO2/c1-2-3-7-12-10-15-13(16(18)19-12)9-11-6-4-5-8-14(11)17-15/h4-6,8-10H,2-3,7H2,1H3. The molecule has 0 bridgehead atoms. The first kappa shape index (κ1) is 11.9. The van der Waals surface area contributed by atoms with Crippen LogP contribution in [0.4, 0.5) is 0 Å². The molecule has 0 N–H and O–H groups in total. The van der Waals surface area contributed by atoms with Crippen molar-refractivity contribution in [1.82, 2.24) is 4.98 Å². The Morgan fingerprint density at radius 3 is 2.84 bits per heavy atom. The second-order valence-electron chi connectivity index (χ2n) is 4.72. The highest BCUT2D eigenvalue weighted by molar-refractivity contribution is 5.91. The van der Waals surface area contributed by atoms with Crippen molar-refractivity contribution in [1.29, 1.82) is 0 Å². The first-order valence-electron chi connectivity index (χ1n) is 6.60. The summed E-state index contributed by atoms with van der Waals surface area (Å²) in [6.45, 7) is 2.12. The molecule has 2 aromatic heterocycles. The van der Waals surface area contributed by atoms with Crippen LogP contribution in [0.5, 0.6) is 0 Å². The monoisotopic (exact) mass is 253 g/mol. The molecule has 96 valence electrons. The van der Waals surface area contributed by atoms with Gasteiger partial charge in [0.25, 0.3) is 0 Å². The third-order valence-corrected chi connectivity index (χ3v) is 3.27. The molecule has 0 spiro atoms. The average molecular weight is 253 g/mol. The van der Waals surface area contributed by atoms with Crippen molar-refractivity contribution in [2.45, 2.75) is 26.2 Å². The predicted octanol–water partition coefficient (Wildman–Crippen LogP) is 3.68. The molecule has 3 aromatic rings. The number of rotatable bonds is 3. The molecule has 19 heavy (non-hydrogen) atoms. The van der Waals surface area contributed by atoms with Gasteiger partial charge in [-0.1, -0.05) is 31.5 Å². The van der Waals surface area contributed by atoms with Crippen molar-refractivity contribution >= 4 is 21.8 Å². The van der Waals surface area contributed by atoms with E-state index in [2.05, 4.69) is 11.9 Å². The lowest BCUT2D eigenvalue weighted by molar-refractivity contribution is 0.460. The lowest BCUT2D eigenvalue weighted by Crippen LogP contribution is -2.03. The number of hydrogen-bond acceptors (Lipinski definition) is 3. The largest absolute Gasteiger partial charge is 0.427 e. The summed E-state index contributed by atoms with van der Waals surface area (Å²) in [4.78, 5) is 16.5. The van der Waals surface area contributed by atoms with Crippen molar-refractivity contribution in [2.75, 3.05) is 0 Å². The van der Waals surface area contributed by atoms with Crippen molar-refractivity contribution in [3.8, 4) is 0 Å². The first-order valence-corrected chi connectivity index (χ1v) is 6.60. The number of hydrogen-bond donors (Lipinski definition) is 0. The summed E-state index contributed by atoms with van der Waals surface area (Å²) in [5.74, 6) is 0.724. The minimum atomic E-state index is -0.290. The Morgan fingerprint density at radius 2 is 2.00 bits per heavy atom. The van der Waals surface area contributed by atoms with E-state index in [1.807, 2.05) is 36.4 Å². The van der Waals surface area contributed by atoms with Crippen molar-refractivity contribution in [3.63, 3.8) is 0 Å². The highest BCUT2D eigenvalue weighted by atomic mass is 16.4. The van der Waals surface area contributed by atoms with E-state index in [1.54, 1.807) is 0 Å². The Kier molecular flexibility index (Phi) is 3.03. The number of aromatic nitrogens is 1. The molecule has 3 nitrogen and oxygen atoms in total. The number of nitrogens with zero attached hydrogens (tertiary/aromatic N) is 1. The van der Waals surface area contributed by atoms with Crippen LogP contribution in [0.1, 0.15) is 25.5 Å². The SMILES string of the molecule is CCCCc1cc2nc3ccccc3cc2c(=O)o1. The predicted molar refractivity (Wildman–Crippen MR) is 76.4 cm³/mol. The molecule has 0 atom stereocenters. The van der Waals surface area contributed by atoms with Gasteiger partial charge in [0.2, 0.25) is 0 Å². The number of fused-ring (bicyclic) bond motifs is 2. The summed E-state index contributed by atoms with van der Waals surface area (Å²) < 4.78 is 5.35. The summed E-state index contributed by atoms with van der Waals surface area (Å²) in [5, 5.41) is 1.52. The lowest BCUT2D eigenvalue weighted by Gasteiger charge is -2.03. The molecule has 0 saturated carbocycles. The van der Waals surface area contributed by atoms with E-state index in [0.29, 0.717) is 5.39 Å². The number of unbranched alkanes of at least 4 members (excludes halogenated alkanes) is 1. The molecule has 0 aliphatic heterocycles. The molecule has 3 heteroatoms. The van der Waals surface area contributed by atoms with Crippen LogP contribution < -0.4 is 5.63 Å². The Bertz CT molecular complexity index is 789. The van der Waals surface area contributed by atoms with Gasteiger partial charge >= 0.3 is 5.63 Å². The second kappa shape index (κ2) is 4.84. The Labute approximate surface area is 110 Å². The zero-order chi connectivity index (χ0) is 13.2. The topological polar surface area (TPSA) is 43.1 Å². The highest BCUT2D eigenvalue weighted by Gasteiger charge is 2.07. The van der Waals surface area contributed by atoms with E-state index in [0.717, 1.165) is 41.4 Å². The van der Waals surface area contributed by atoms with Gasteiger partial charge in [-0.15, -0.1) is 0 Å². The third-order valence-electron chi connectivity index (χ3n) is 3.27. The van der Waals surface area contributed by atoms with E-state index in [9.17, 15) is 4.79 Å². The minimum absolute atomic E-state index is 0.290. The van der Waals surface area contributed by atoms with Crippen LogP contribution in [0, 0.1) is 0 Å². The summed E-state index contributed by atoms with van der Waals surface area (Å²) in [5.41, 5.74) is 1.34. The zero-order valence-corrected chi connectivity index (χ0v) is 10.8. The van der Waals surface area contributed by atoms with Gasteiger partial charge in [-0.05, 0) is 18.6 Å². The molecule has 0 amide bonds. The van der Waals surface area contributed by atoms with Gasteiger partial charge in [0.05, 0.1) is 16.4 Å². The molecular weight excluding hydrogens is 238 g/mol. The maximum absolute atomic E-state index is 12.0. The summed E-state index contributed by atoms with van der Waals surface area (Å²) >= 11 is 0. The van der Waals surface area contributed by atoms with Crippen molar-refractivity contribution in [2.24, 2.45) is 0 Å². The molecule has 0 aliphatic rings. The Hall–Kier alpha value is -2.16. The quantitative estimate of drug-likeness (QED) is 0.669. The highest BCUT2D eigenvalue weighted by Crippen LogP contribution is 2.18. The van der Waals surface area contributed by atoms with E-state index >= 15 is 0 Å². The molecule has 0 saturated heterocycles. The molecule has 1 aromatic carbocycles. The van der Waals surface area contributed by atoms with E-state index in [4.69, 9.17) is 4.42 Å². The average Bonchev–Trinajstić information content (AvgIpc) is 2.43. The summed E-state index contributed by atoms with van der Waals surface area (Å²) in [7, 11) is 0. The van der Waals surface area contributed by atoms with Crippen LogP contribution in [0.2, 0.25) is 0 Å². The van der Waals surface area contributed by atoms with Crippen LogP contribution in [0.25, 0.3) is 21.8 Å². The van der Waals surface area contributed by atoms with Gasteiger partial charge < -0.3 is 4.42 Å². The van der Waals surface area contributed by atoms with Gasteiger partial charge in [0, 0.05) is 17.9 Å². The van der Waals surface area contributed by atoms with E-state index in [1.165, 1.54) is 0 Å². The molecule has 0 aliphatic carbocycles. The van der Waals surface area contributed by atoms with E-state index < -0.39 is 0 Å². The van der Waals surface area contributed by atoms with Crippen LogP contribution in [0.15, 0.2) is 45.6 Å². The molecule has 0 unspecified atom stereocenters. The summed E-state index contributed by atoms with van der Waals surface area (Å²) in [6.07, 6.45) is 2.88. The van der Waals surface area contributed by atoms with Crippen molar-refractivity contribution < 1.29 is 4.42 Å². The Balaban J connectivity index is 2.23. The maximum atomic E-state index is 12.0. The van der Waals surface area contributed by atoms with Gasteiger partial charge in [0.1, 0.15) is 5.76 Å². The van der Waals surface area contributed by atoms with Crippen LogP contribution in [-0.2, 0) is 6.42 Å². The lowest BCUT2D eigenvalue weighted by atomic mass is 10.1. The molecule has 0 fully saturated rings. The van der Waals surface area contributed by atoms with Gasteiger partial charge in [-0.25, -0.2) is 9.78 Å². The number of para-hydroxylation sites is 1.